The van der Waals surface area contributed by atoms with Crippen LogP contribution in [0.4, 0.5) is 0 Å². The normalized spacial score (nSPS) is 12.7. The molecule has 0 rings (SSSR count). The molecule has 0 aliphatic rings. The van der Waals surface area contributed by atoms with E-state index in [1.807, 2.05) is 0 Å². The number of hydrogen-bond donors (Lipinski definition) is 0. The van der Waals surface area contributed by atoms with Crippen molar-refractivity contribution in [1.82, 2.24) is 0 Å². The van der Waals surface area contributed by atoms with Gasteiger partial charge in [-0.2, -0.15) is 0 Å². The number of allylic oxidation sites excluding steroid dienone is 12. The Balaban J connectivity index is 4.44. The lowest BCUT2D eigenvalue weighted by atomic mass is 10.0. The summed E-state index contributed by atoms with van der Waals surface area (Å²) in [5.74, 6) is -0.966. The first-order chi connectivity index (χ1) is 28.0. The summed E-state index contributed by atoms with van der Waals surface area (Å²) in [6.07, 6.45) is 56.0. The fourth-order valence-corrected chi connectivity index (χ4v) is 6.29. The van der Waals surface area contributed by atoms with Gasteiger partial charge in [0.1, 0.15) is 13.2 Å². The minimum absolute atomic E-state index is 0.0966. The summed E-state index contributed by atoms with van der Waals surface area (Å²) in [6.45, 7) is 6.32. The number of unbranched alkanes of at least 4 members (excludes halogenated alkanes) is 20. The monoisotopic (exact) mass is 795 g/mol. The molecule has 0 aromatic heterocycles. The quantitative estimate of drug-likeness (QED) is 0.0202. The molecule has 6 heteroatoms. The maximum absolute atomic E-state index is 12.7. The molecule has 0 spiro atoms. The van der Waals surface area contributed by atoms with Gasteiger partial charge in [-0.25, -0.2) is 0 Å². The largest absolute Gasteiger partial charge is 0.462 e. The van der Waals surface area contributed by atoms with Crippen molar-refractivity contribution < 1.29 is 28.6 Å². The number of rotatable bonds is 41. The molecule has 0 aliphatic heterocycles. The first kappa shape index (κ1) is 53.9. The van der Waals surface area contributed by atoms with Crippen molar-refractivity contribution in [1.29, 1.82) is 0 Å². The van der Waals surface area contributed by atoms with Gasteiger partial charge in [-0.1, -0.05) is 203 Å². The third-order valence-corrected chi connectivity index (χ3v) is 9.77. The second kappa shape index (κ2) is 45.6. The molecule has 326 valence electrons. The molecule has 6 nitrogen and oxygen atoms in total. The van der Waals surface area contributed by atoms with Gasteiger partial charge < -0.3 is 14.2 Å². The van der Waals surface area contributed by atoms with Crippen LogP contribution in [-0.4, -0.2) is 37.2 Å². The summed E-state index contributed by atoms with van der Waals surface area (Å²) in [5, 5.41) is 0. The molecular weight excluding hydrogens is 709 g/mol. The SMILES string of the molecule is CC\C=C/C=C\C=C/CCCCCCCCCC(=O)OCC(COC(=O)CCC/C=C\C/C=C\C/C=C\CC)OC(=O)CCCCCCCCCCCCCCC. The lowest BCUT2D eigenvalue weighted by molar-refractivity contribution is -0.167. The van der Waals surface area contributed by atoms with Crippen molar-refractivity contribution in [2.24, 2.45) is 0 Å². The lowest BCUT2D eigenvalue weighted by Gasteiger charge is -2.18. The summed E-state index contributed by atoms with van der Waals surface area (Å²) in [4.78, 5) is 37.8. The smallest absolute Gasteiger partial charge is 0.306 e. The van der Waals surface area contributed by atoms with E-state index in [2.05, 4.69) is 93.7 Å². The molecule has 0 aromatic carbocycles. The number of hydrogen-bond acceptors (Lipinski definition) is 6. The number of ether oxygens (including phenoxy) is 3. The van der Waals surface area contributed by atoms with E-state index >= 15 is 0 Å². The molecule has 0 fully saturated rings. The van der Waals surface area contributed by atoms with Gasteiger partial charge in [0.15, 0.2) is 6.10 Å². The van der Waals surface area contributed by atoms with Crippen LogP contribution in [0.25, 0.3) is 0 Å². The summed E-state index contributed by atoms with van der Waals surface area (Å²) in [5.41, 5.74) is 0. The van der Waals surface area contributed by atoms with Gasteiger partial charge in [0.05, 0.1) is 0 Å². The van der Waals surface area contributed by atoms with E-state index < -0.39 is 6.10 Å². The number of carbonyl (C=O) groups excluding carboxylic acids is 3. The molecule has 0 saturated carbocycles. The molecule has 1 unspecified atom stereocenters. The Morgan fingerprint density at radius 3 is 1.32 bits per heavy atom. The highest BCUT2D eigenvalue weighted by Crippen LogP contribution is 2.14. The van der Waals surface area contributed by atoms with Crippen LogP contribution in [0.5, 0.6) is 0 Å². The molecule has 0 radical (unpaired) electrons. The van der Waals surface area contributed by atoms with Crippen molar-refractivity contribution in [3.8, 4) is 0 Å². The van der Waals surface area contributed by atoms with E-state index in [0.29, 0.717) is 19.3 Å². The van der Waals surface area contributed by atoms with E-state index in [9.17, 15) is 14.4 Å². The van der Waals surface area contributed by atoms with Crippen LogP contribution < -0.4 is 0 Å². The minimum Gasteiger partial charge on any atom is -0.462 e. The fourth-order valence-electron chi connectivity index (χ4n) is 6.29. The minimum atomic E-state index is -0.796. The topological polar surface area (TPSA) is 78.9 Å². The molecule has 0 aromatic rings. The Bertz CT molecular complexity index is 1100. The van der Waals surface area contributed by atoms with Crippen molar-refractivity contribution in [3.05, 3.63) is 72.9 Å². The van der Waals surface area contributed by atoms with Crippen LogP contribution in [0.1, 0.15) is 213 Å². The number of carbonyl (C=O) groups is 3. The molecule has 0 N–H and O–H groups in total. The van der Waals surface area contributed by atoms with Crippen LogP contribution in [0.3, 0.4) is 0 Å². The zero-order chi connectivity index (χ0) is 41.5. The average Bonchev–Trinajstić information content (AvgIpc) is 3.21. The van der Waals surface area contributed by atoms with Gasteiger partial charge in [-0.05, 0) is 64.2 Å². The Labute approximate surface area is 351 Å². The van der Waals surface area contributed by atoms with E-state index in [-0.39, 0.29) is 37.5 Å². The predicted octanol–water partition coefficient (Wildman–Crippen LogP) is 15.1. The van der Waals surface area contributed by atoms with Crippen molar-refractivity contribution in [2.45, 2.75) is 219 Å². The third kappa shape index (κ3) is 43.8. The summed E-state index contributed by atoms with van der Waals surface area (Å²) < 4.78 is 16.7. The van der Waals surface area contributed by atoms with Crippen molar-refractivity contribution in [2.75, 3.05) is 13.2 Å². The average molecular weight is 795 g/mol. The van der Waals surface area contributed by atoms with E-state index in [1.165, 1.54) is 89.9 Å². The molecule has 0 aliphatic carbocycles. The van der Waals surface area contributed by atoms with Gasteiger partial charge in [0.25, 0.3) is 0 Å². The molecule has 0 amide bonds. The summed E-state index contributed by atoms with van der Waals surface area (Å²) >= 11 is 0. The highest BCUT2D eigenvalue weighted by atomic mass is 16.6. The van der Waals surface area contributed by atoms with Crippen molar-refractivity contribution in [3.63, 3.8) is 0 Å². The second-order valence-electron chi connectivity index (χ2n) is 15.3. The Morgan fingerprint density at radius 1 is 0.386 bits per heavy atom. The molecule has 0 saturated heterocycles. The van der Waals surface area contributed by atoms with E-state index in [0.717, 1.165) is 77.0 Å². The second-order valence-corrected chi connectivity index (χ2v) is 15.3. The molecule has 0 heterocycles. The zero-order valence-electron chi connectivity index (χ0n) is 37.1. The van der Waals surface area contributed by atoms with Gasteiger partial charge in [0, 0.05) is 19.3 Å². The van der Waals surface area contributed by atoms with Gasteiger partial charge >= 0.3 is 17.9 Å². The molecule has 0 bridgehead atoms. The predicted molar refractivity (Wildman–Crippen MR) is 242 cm³/mol. The highest BCUT2D eigenvalue weighted by Gasteiger charge is 2.19. The van der Waals surface area contributed by atoms with Gasteiger partial charge in [0.2, 0.25) is 0 Å². The summed E-state index contributed by atoms with van der Waals surface area (Å²) in [6, 6.07) is 0. The molecule has 1 atom stereocenters. The van der Waals surface area contributed by atoms with Crippen LogP contribution in [0.15, 0.2) is 72.9 Å². The molecule has 57 heavy (non-hydrogen) atoms. The first-order valence-electron chi connectivity index (χ1n) is 23.5. The summed E-state index contributed by atoms with van der Waals surface area (Å²) in [7, 11) is 0. The Hall–Kier alpha value is -3.15. The lowest BCUT2D eigenvalue weighted by Crippen LogP contribution is -2.30. The van der Waals surface area contributed by atoms with E-state index in [4.69, 9.17) is 14.2 Å². The van der Waals surface area contributed by atoms with E-state index in [1.54, 1.807) is 0 Å². The standard InChI is InChI=1S/C51H86O6/c1-4-7-10-13-16-19-22-24-25-27-29-32-35-38-41-44-50(53)56-47-48(46-55-49(52)43-40-37-34-31-28-21-18-15-12-9-6-3)57-51(54)45-42-39-36-33-30-26-23-20-17-14-11-8-5-2/h7,9-10,12-13,16,18-19,21-22,31,34,48H,4-6,8,11,14-15,17,20,23-30,32-33,35-47H2,1-3H3/b10-7-,12-9-,16-13-,21-18-,22-19-,34-31-. The van der Waals surface area contributed by atoms with Crippen LogP contribution in [0, 0.1) is 0 Å². The Morgan fingerprint density at radius 2 is 0.789 bits per heavy atom. The van der Waals surface area contributed by atoms with Crippen LogP contribution in [0.2, 0.25) is 0 Å². The van der Waals surface area contributed by atoms with Crippen LogP contribution >= 0.6 is 0 Å². The molecular formula is C51H86O6. The van der Waals surface area contributed by atoms with Gasteiger partial charge in [-0.15, -0.1) is 0 Å². The first-order valence-corrected chi connectivity index (χ1v) is 23.5. The Kier molecular flexibility index (Phi) is 43.0. The highest BCUT2D eigenvalue weighted by molar-refractivity contribution is 5.71. The van der Waals surface area contributed by atoms with Crippen LogP contribution in [-0.2, 0) is 28.6 Å². The van der Waals surface area contributed by atoms with Gasteiger partial charge in [-0.3, -0.25) is 14.4 Å². The fraction of sp³-hybridized carbons (Fsp3) is 0.706. The maximum Gasteiger partial charge on any atom is 0.306 e. The maximum atomic E-state index is 12.7. The van der Waals surface area contributed by atoms with Crippen molar-refractivity contribution >= 4 is 17.9 Å². The zero-order valence-corrected chi connectivity index (χ0v) is 37.1. The third-order valence-electron chi connectivity index (χ3n) is 9.77. The number of esters is 3.